The van der Waals surface area contributed by atoms with Gasteiger partial charge in [0, 0.05) is 43.9 Å². The first kappa shape index (κ1) is 32.6. The molecule has 264 valence electrons. The summed E-state index contributed by atoms with van der Waals surface area (Å²) in [4.78, 5) is 7.36. The molecule has 0 amide bonds. The van der Waals surface area contributed by atoms with E-state index in [4.69, 9.17) is 0 Å². The summed E-state index contributed by atoms with van der Waals surface area (Å²) in [6, 6.07) is 80.0. The molecule has 1 spiro atoms. The van der Waals surface area contributed by atoms with Crippen molar-refractivity contribution in [2.45, 2.75) is 15.2 Å². The van der Waals surface area contributed by atoms with Gasteiger partial charge in [0.15, 0.2) is 0 Å². The molecule has 2 aliphatic rings. The van der Waals surface area contributed by atoms with E-state index < -0.39 is 5.41 Å². The van der Waals surface area contributed by atoms with Gasteiger partial charge in [0.1, 0.15) is 0 Å². The van der Waals surface area contributed by atoms with Crippen LogP contribution in [0.15, 0.2) is 228 Å². The summed E-state index contributed by atoms with van der Waals surface area (Å²) in [6.45, 7) is 0. The van der Waals surface area contributed by atoms with E-state index in [-0.39, 0.29) is 0 Å². The maximum absolute atomic E-state index is 2.47. The number of anilines is 6. The molecule has 0 atom stereocenters. The highest BCUT2D eigenvalue weighted by Crippen LogP contribution is 2.63. The van der Waals surface area contributed by atoms with Crippen LogP contribution in [0.1, 0.15) is 22.3 Å². The Kier molecular flexibility index (Phi) is 7.68. The lowest BCUT2D eigenvalue weighted by atomic mass is 9.67. The Hall–Kier alpha value is -6.81. The Morgan fingerprint density at radius 2 is 0.696 bits per heavy atom. The minimum atomic E-state index is -0.516. The van der Waals surface area contributed by atoms with Crippen LogP contribution in [0.4, 0.5) is 34.1 Å². The van der Waals surface area contributed by atoms with Crippen molar-refractivity contribution < 1.29 is 0 Å². The molecular weight excluding hydrogens is 697 g/mol. The molecule has 9 aromatic carbocycles. The Balaban J connectivity index is 1.23. The second-order valence-corrected chi connectivity index (χ2v) is 15.6. The smallest absolute Gasteiger partial charge is 0.0735 e. The van der Waals surface area contributed by atoms with Crippen molar-refractivity contribution in [1.29, 1.82) is 0 Å². The van der Waals surface area contributed by atoms with E-state index in [0.717, 1.165) is 34.1 Å². The zero-order chi connectivity index (χ0) is 37.1. The number of nitrogens with zero attached hydrogens (tertiary/aromatic N) is 2. The quantitative estimate of drug-likeness (QED) is 0.168. The summed E-state index contributed by atoms with van der Waals surface area (Å²) in [5.41, 5.74) is 14.0. The molecule has 56 heavy (non-hydrogen) atoms. The van der Waals surface area contributed by atoms with Gasteiger partial charge in [0.05, 0.1) is 5.41 Å². The molecule has 11 rings (SSSR count). The lowest BCUT2D eigenvalue weighted by molar-refractivity contribution is 0.724. The zero-order valence-corrected chi connectivity index (χ0v) is 31.4. The average Bonchev–Trinajstić information content (AvgIpc) is 3.54. The number of benzene rings is 9. The van der Waals surface area contributed by atoms with E-state index in [1.165, 1.54) is 53.9 Å². The maximum Gasteiger partial charge on any atom is 0.0735 e. The Morgan fingerprint density at radius 1 is 0.286 bits per heavy atom. The van der Waals surface area contributed by atoms with Gasteiger partial charge in [0.2, 0.25) is 0 Å². The van der Waals surface area contributed by atoms with Crippen molar-refractivity contribution in [1.82, 2.24) is 0 Å². The van der Waals surface area contributed by atoms with Gasteiger partial charge < -0.3 is 9.80 Å². The molecule has 2 nitrogen and oxygen atoms in total. The van der Waals surface area contributed by atoms with Gasteiger partial charge in [-0.1, -0.05) is 139 Å². The number of rotatable bonds is 6. The monoisotopic (exact) mass is 732 g/mol. The van der Waals surface area contributed by atoms with Gasteiger partial charge >= 0.3 is 0 Å². The first-order valence-electron chi connectivity index (χ1n) is 19.2. The summed E-state index contributed by atoms with van der Waals surface area (Å²) in [5, 5.41) is 2.52. The molecule has 1 aliphatic heterocycles. The molecule has 0 radical (unpaired) electrons. The molecule has 9 aromatic rings. The lowest BCUT2D eigenvalue weighted by Gasteiger charge is -2.40. The predicted molar refractivity (Wildman–Crippen MR) is 235 cm³/mol. The first-order valence-corrected chi connectivity index (χ1v) is 20.0. The second kappa shape index (κ2) is 13.2. The molecule has 1 aliphatic carbocycles. The molecule has 0 unspecified atom stereocenters. The molecule has 0 aromatic heterocycles. The third-order valence-electron chi connectivity index (χ3n) is 11.4. The highest BCUT2D eigenvalue weighted by Gasteiger charge is 2.50. The van der Waals surface area contributed by atoms with Crippen LogP contribution in [0.25, 0.3) is 21.9 Å². The zero-order valence-electron chi connectivity index (χ0n) is 30.6. The van der Waals surface area contributed by atoms with Crippen molar-refractivity contribution in [3.05, 3.63) is 241 Å². The number of hydrogen-bond donors (Lipinski definition) is 0. The van der Waals surface area contributed by atoms with Crippen LogP contribution in [0.2, 0.25) is 0 Å². The molecule has 0 bridgehead atoms. The van der Waals surface area contributed by atoms with Gasteiger partial charge in [-0.05, 0) is 135 Å². The summed E-state index contributed by atoms with van der Waals surface area (Å²) >= 11 is 1.90. The SMILES string of the molecule is c1ccc(N(c2ccccc2)c2ccc3c(c2)-c2cc(N(c4ccccc4)c4ccccc4)ccc2C32c3ccccc3Sc3cc4ccccc4cc32)cc1. The van der Waals surface area contributed by atoms with Gasteiger partial charge in [-0.15, -0.1) is 0 Å². The van der Waals surface area contributed by atoms with E-state index in [9.17, 15) is 0 Å². The second-order valence-electron chi connectivity index (χ2n) is 14.5. The van der Waals surface area contributed by atoms with E-state index in [1.807, 2.05) is 11.8 Å². The highest BCUT2D eigenvalue weighted by molar-refractivity contribution is 7.99. The van der Waals surface area contributed by atoms with Crippen molar-refractivity contribution >= 4 is 56.7 Å². The van der Waals surface area contributed by atoms with Crippen molar-refractivity contribution in [3.63, 3.8) is 0 Å². The standard InChI is InChI=1S/C53H36N2S/c1-5-19-39(20-6-1)54(40-21-7-2-8-22-40)43-29-31-47-45(35-43)46-36-44(55(41-23-9-3-10-24-41)42-25-11-4-12-26-42)30-32-48(46)53(47)49-27-15-16-28-51(49)56-52-34-38-18-14-13-17-37(38)33-50(52)53/h1-36H. The fraction of sp³-hybridized carbons (Fsp3) is 0.0189. The van der Waals surface area contributed by atoms with Gasteiger partial charge in [-0.2, -0.15) is 0 Å². The highest BCUT2D eigenvalue weighted by atomic mass is 32.2. The van der Waals surface area contributed by atoms with Crippen LogP contribution in [-0.2, 0) is 5.41 Å². The van der Waals surface area contributed by atoms with Crippen LogP contribution in [0.5, 0.6) is 0 Å². The van der Waals surface area contributed by atoms with Crippen molar-refractivity contribution in [2.24, 2.45) is 0 Å². The first-order chi connectivity index (χ1) is 27.8. The summed E-state index contributed by atoms with van der Waals surface area (Å²) < 4.78 is 0. The molecule has 0 fully saturated rings. The average molecular weight is 733 g/mol. The minimum Gasteiger partial charge on any atom is -0.310 e. The summed E-state index contributed by atoms with van der Waals surface area (Å²) in [7, 11) is 0. The fourth-order valence-corrected chi connectivity index (χ4v) is 10.3. The van der Waals surface area contributed by atoms with Crippen molar-refractivity contribution in [3.8, 4) is 11.1 Å². The van der Waals surface area contributed by atoms with E-state index in [2.05, 4.69) is 228 Å². The molecule has 1 heterocycles. The maximum atomic E-state index is 2.47. The lowest BCUT2D eigenvalue weighted by Crippen LogP contribution is -2.32. The van der Waals surface area contributed by atoms with Gasteiger partial charge in [-0.3, -0.25) is 0 Å². The Morgan fingerprint density at radius 3 is 1.18 bits per heavy atom. The minimum absolute atomic E-state index is 0.516. The molecular formula is C53H36N2S. The molecule has 0 saturated carbocycles. The van der Waals surface area contributed by atoms with Crippen LogP contribution in [0, 0.1) is 0 Å². The largest absolute Gasteiger partial charge is 0.310 e. The van der Waals surface area contributed by atoms with Gasteiger partial charge in [-0.25, -0.2) is 0 Å². The van der Waals surface area contributed by atoms with Crippen LogP contribution in [0.3, 0.4) is 0 Å². The number of hydrogen-bond acceptors (Lipinski definition) is 3. The van der Waals surface area contributed by atoms with Crippen LogP contribution >= 0.6 is 11.8 Å². The van der Waals surface area contributed by atoms with E-state index in [1.54, 1.807) is 0 Å². The van der Waals surface area contributed by atoms with Crippen LogP contribution < -0.4 is 9.80 Å². The molecule has 0 N–H and O–H groups in total. The number of para-hydroxylation sites is 4. The molecule has 0 saturated heterocycles. The summed E-state index contributed by atoms with van der Waals surface area (Å²) in [5.74, 6) is 0. The van der Waals surface area contributed by atoms with Crippen molar-refractivity contribution in [2.75, 3.05) is 9.80 Å². The third-order valence-corrected chi connectivity index (χ3v) is 12.6. The third kappa shape index (κ3) is 5.05. The van der Waals surface area contributed by atoms with E-state index >= 15 is 0 Å². The number of fused-ring (bicyclic) bond motifs is 10. The van der Waals surface area contributed by atoms with Crippen LogP contribution in [-0.4, -0.2) is 0 Å². The molecule has 3 heteroatoms. The predicted octanol–water partition coefficient (Wildman–Crippen LogP) is 14.6. The Bertz CT molecular complexity index is 2680. The Labute approximate surface area is 332 Å². The van der Waals surface area contributed by atoms with E-state index in [0.29, 0.717) is 0 Å². The topological polar surface area (TPSA) is 6.48 Å². The summed E-state index contributed by atoms with van der Waals surface area (Å²) in [6.07, 6.45) is 0. The normalized spacial score (nSPS) is 13.1. The van der Waals surface area contributed by atoms with Gasteiger partial charge in [0.25, 0.3) is 0 Å². The fourth-order valence-electron chi connectivity index (χ4n) is 9.10.